The molecule has 14 heteroatoms. The van der Waals surface area contributed by atoms with Gasteiger partial charge in [0.1, 0.15) is 0 Å². The van der Waals surface area contributed by atoms with E-state index < -0.39 is 51.9 Å². The van der Waals surface area contributed by atoms with Gasteiger partial charge in [-0.1, -0.05) is 12.1 Å². The lowest BCUT2D eigenvalue weighted by molar-refractivity contribution is -0.137. The molecular weight excluding hydrogens is 504 g/mol. The highest BCUT2D eigenvalue weighted by Crippen LogP contribution is 2.33. The summed E-state index contributed by atoms with van der Waals surface area (Å²) in [6.45, 7) is -0.924. The number of rotatable bonds is 6. The van der Waals surface area contributed by atoms with Gasteiger partial charge < -0.3 is 10.1 Å². The molecule has 0 fully saturated rings. The van der Waals surface area contributed by atoms with Crippen LogP contribution in [0.25, 0.3) is 5.57 Å². The third-order valence-electron chi connectivity index (χ3n) is 4.96. The Bertz CT molecular complexity index is 1210. The van der Waals surface area contributed by atoms with E-state index in [1.54, 1.807) is 0 Å². The molecule has 0 bridgehead atoms. The van der Waals surface area contributed by atoms with Crippen LogP contribution in [0.3, 0.4) is 0 Å². The van der Waals surface area contributed by atoms with E-state index in [0.717, 1.165) is 22.5 Å². The number of hydrogen-bond donors (Lipinski definition) is 1. The highest BCUT2D eigenvalue weighted by Gasteiger charge is 2.33. The minimum atomic E-state index is -4.70. The number of nitrogens with zero attached hydrogens (tertiary/aromatic N) is 2. The molecule has 1 aromatic carbocycles. The zero-order chi connectivity index (χ0) is 25.9. The molecule has 2 heterocycles. The summed E-state index contributed by atoms with van der Waals surface area (Å²) in [5.41, 5.74) is -0.209. The molecule has 0 radical (unpaired) electrons. The minimum Gasteiger partial charge on any atom is -0.391 e. The second-order valence-electron chi connectivity index (χ2n) is 7.41. The standard InChI is InChI=1S/C21H19F6N3O4S/c22-20(23,24)8-10-29-19(31)34-18-17(5-2-9-28-18)14-6-11-30(12-7-14)35(32,33)16-4-1-3-15(13-16)21(25,26)27/h1-6,9,13H,7-8,10-12H2,(H,29,31). The average molecular weight is 523 g/mol. The molecule has 0 saturated carbocycles. The number of carbonyl (C=O) groups is 1. The molecule has 0 aliphatic carbocycles. The Morgan fingerprint density at radius 2 is 1.86 bits per heavy atom. The maximum atomic E-state index is 13.0. The number of ether oxygens (including phenoxy) is 1. The number of nitrogens with one attached hydrogen (secondary N) is 1. The number of carbonyl (C=O) groups excluding carboxylic acids is 1. The number of pyridine rings is 1. The molecule has 1 aliphatic rings. The van der Waals surface area contributed by atoms with Gasteiger partial charge >= 0.3 is 18.4 Å². The first kappa shape index (κ1) is 26.5. The molecule has 1 N–H and O–H groups in total. The highest BCUT2D eigenvalue weighted by molar-refractivity contribution is 7.89. The van der Waals surface area contributed by atoms with E-state index in [2.05, 4.69) is 4.98 Å². The molecule has 35 heavy (non-hydrogen) atoms. The molecule has 0 saturated heterocycles. The van der Waals surface area contributed by atoms with Crippen molar-refractivity contribution in [1.29, 1.82) is 0 Å². The topological polar surface area (TPSA) is 88.6 Å². The van der Waals surface area contributed by atoms with Crippen molar-refractivity contribution in [3.63, 3.8) is 0 Å². The van der Waals surface area contributed by atoms with Gasteiger partial charge in [0.15, 0.2) is 0 Å². The fraction of sp³-hybridized carbons (Fsp3) is 0.333. The number of sulfonamides is 1. The summed E-state index contributed by atoms with van der Waals surface area (Å²) in [5, 5.41) is 1.97. The molecule has 1 aromatic heterocycles. The summed E-state index contributed by atoms with van der Waals surface area (Å²) >= 11 is 0. The summed E-state index contributed by atoms with van der Waals surface area (Å²) in [6, 6.07) is 6.49. The van der Waals surface area contributed by atoms with Gasteiger partial charge in [0.25, 0.3) is 0 Å². The Morgan fingerprint density at radius 3 is 2.49 bits per heavy atom. The van der Waals surface area contributed by atoms with Crippen molar-refractivity contribution in [3.8, 4) is 5.88 Å². The van der Waals surface area contributed by atoms with E-state index in [1.807, 2.05) is 5.32 Å². The lowest BCUT2D eigenvalue weighted by Crippen LogP contribution is -2.35. The van der Waals surface area contributed by atoms with E-state index >= 15 is 0 Å². The fourth-order valence-electron chi connectivity index (χ4n) is 3.24. The van der Waals surface area contributed by atoms with Gasteiger partial charge in [-0.2, -0.15) is 30.6 Å². The molecule has 3 rings (SSSR count). The van der Waals surface area contributed by atoms with Gasteiger partial charge in [0.05, 0.1) is 16.9 Å². The Kier molecular flexibility index (Phi) is 7.74. The Morgan fingerprint density at radius 1 is 1.11 bits per heavy atom. The molecule has 1 aliphatic heterocycles. The predicted octanol–water partition coefficient (Wildman–Crippen LogP) is 4.62. The van der Waals surface area contributed by atoms with Crippen molar-refractivity contribution in [2.75, 3.05) is 19.6 Å². The normalized spacial score (nSPS) is 15.4. The summed E-state index contributed by atoms with van der Waals surface area (Å²) in [5.74, 6) is -0.183. The van der Waals surface area contributed by atoms with Gasteiger partial charge in [-0.3, -0.25) is 0 Å². The lowest BCUT2D eigenvalue weighted by atomic mass is 10.0. The molecule has 7 nitrogen and oxygen atoms in total. The van der Waals surface area contributed by atoms with E-state index in [4.69, 9.17) is 4.74 Å². The molecular formula is C21H19F6N3O4S. The lowest BCUT2D eigenvalue weighted by Gasteiger charge is -2.26. The van der Waals surface area contributed by atoms with Crippen LogP contribution in [0.2, 0.25) is 0 Å². The van der Waals surface area contributed by atoms with Crippen LogP contribution in [-0.4, -0.2) is 49.6 Å². The maximum Gasteiger partial charge on any atom is 0.416 e. The Hall–Kier alpha value is -3.13. The third kappa shape index (κ3) is 6.94. The van der Waals surface area contributed by atoms with Gasteiger partial charge in [-0.25, -0.2) is 18.2 Å². The second kappa shape index (κ2) is 10.2. The van der Waals surface area contributed by atoms with Gasteiger partial charge in [0, 0.05) is 31.4 Å². The summed E-state index contributed by atoms with van der Waals surface area (Å²) < 4.78 is 107. The average Bonchev–Trinajstić information content (AvgIpc) is 2.78. The molecule has 190 valence electrons. The Labute approximate surface area is 196 Å². The molecule has 0 atom stereocenters. The van der Waals surface area contributed by atoms with E-state index in [-0.39, 0.29) is 25.4 Å². The number of aromatic nitrogens is 1. The molecule has 2 aromatic rings. The van der Waals surface area contributed by atoms with Crippen LogP contribution in [0.15, 0.2) is 53.6 Å². The minimum absolute atomic E-state index is 0.0729. The summed E-state index contributed by atoms with van der Waals surface area (Å²) in [7, 11) is -4.22. The maximum absolute atomic E-state index is 13.0. The van der Waals surface area contributed by atoms with Crippen LogP contribution in [0, 0.1) is 0 Å². The van der Waals surface area contributed by atoms with Crippen molar-refractivity contribution >= 4 is 21.7 Å². The zero-order valence-electron chi connectivity index (χ0n) is 17.9. The van der Waals surface area contributed by atoms with Crippen LogP contribution in [0.4, 0.5) is 31.1 Å². The van der Waals surface area contributed by atoms with E-state index in [1.165, 1.54) is 24.4 Å². The Balaban J connectivity index is 1.72. The van der Waals surface area contributed by atoms with Crippen LogP contribution >= 0.6 is 0 Å². The zero-order valence-corrected chi connectivity index (χ0v) is 18.7. The van der Waals surface area contributed by atoms with Crippen LogP contribution in [0.5, 0.6) is 5.88 Å². The fourth-order valence-corrected chi connectivity index (χ4v) is 4.67. The van der Waals surface area contributed by atoms with Crippen LogP contribution in [-0.2, 0) is 16.2 Å². The van der Waals surface area contributed by atoms with Crippen molar-refractivity contribution < 1.29 is 44.3 Å². The van der Waals surface area contributed by atoms with Crippen LogP contribution < -0.4 is 10.1 Å². The predicted molar refractivity (Wildman–Crippen MR) is 112 cm³/mol. The van der Waals surface area contributed by atoms with Crippen molar-refractivity contribution in [3.05, 3.63) is 59.8 Å². The first-order valence-electron chi connectivity index (χ1n) is 10.1. The highest BCUT2D eigenvalue weighted by atomic mass is 32.2. The van der Waals surface area contributed by atoms with Gasteiger partial charge in [-0.05, 0) is 42.3 Å². The van der Waals surface area contributed by atoms with E-state index in [0.29, 0.717) is 17.2 Å². The van der Waals surface area contributed by atoms with Crippen molar-refractivity contribution in [2.24, 2.45) is 0 Å². The quantitative estimate of drug-likeness (QED) is 0.559. The number of halogens is 6. The number of hydrogen-bond acceptors (Lipinski definition) is 5. The number of amides is 1. The smallest absolute Gasteiger partial charge is 0.391 e. The number of benzene rings is 1. The second-order valence-corrected chi connectivity index (χ2v) is 9.34. The monoisotopic (exact) mass is 523 g/mol. The number of alkyl halides is 6. The SMILES string of the molecule is O=C(NCCC(F)(F)F)Oc1ncccc1C1=CCN(S(=O)(=O)c2cccc(C(F)(F)F)c2)CC1. The largest absolute Gasteiger partial charge is 0.416 e. The summed E-state index contributed by atoms with van der Waals surface area (Å²) in [6.07, 6.45) is -8.60. The van der Waals surface area contributed by atoms with Crippen molar-refractivity contribution in [2.45, 2.75) is 30.1 Å². The molecule has 0 spiro atoms. The molecule has 1 amide bonds. The van der Waals surface area contributed by atoms with Crippen LogP contribution in [0.1, 0.15) is 24.0 Å². The van der Waals surface area contributed by atoms with Crippen molar-refractivity contribution in [1.82, 2.24) is 14.6 Å². The van der Waals surface area contributed by atoms with Gasteiger partial charge in [-0.15, -0.1) is 0 Å². The van der Waals surface area contributed by atoms with E-state index in [9.17, 15) is 39.6 Å². The van der Waals surface area contributed by atoms with Gasteiger partial charge in [0.2, 0.25) is 15.9 Å². The first-order chi connectivity index (χ1) is 16.3. The summed E-state index contributed by atoms with van der Waals surface area (Å²) in [4.78, 5) is 15.3. The first-order valence-corrected chi connectivity index (χ1v) is 11.6. The third-order valence-corrected chi connectivity index (χ3v) is 6.82. The molecule has 0 unspecified atom stereocenters.